The number of nitrogens with one attached hydrogen (secondary N) is 1. The number of carbonyl (C=O) groups excluding carboxylic acids is 1. The van der Waals surface area contributed by atoms with E-state index in [-0.39, 0.29) is 27.3 Å². The number of amides is 1. The molecule has 1 saturated carbocycles. The van der Waals surface area contributed by atoms with Gasteiger partial charge >= 0.3 is 0 Å². The van der Waals surface area contributed by atoms with Gasteiger partial charge in [0.1, 0.15) is 14.8 Å². The largest absolute Gasteiger partial charge is 0.396 e. The molecule has 0 spiro atoms. The van der Waals surface area contributed by atoms with E-state index < -0.39 is 15.7 Å². The molecule has 2 unspecified atom stereocenters. The monoisotopic (exact) mass is 331 g/mol. The lowest BCUT2D eigenvalue weighted by Crippen LogP contribution is -2.13. The maximum absolute atomic E-state index is 12.2. The van der Waals surface area contributed by atoms with E-state index in [0.717, 1.165) is 30.6 Å². The van der Waals surface area contributed by atoms with Gasteiger partial charge in [0, 0.05) is 6.04 Å². The van der Waals surface area contributed by atoms with Crippen molar-refractivity contribution in [3.63, 3.8) is 0 Å². The van der Waals surface area contributed by atoms with Gasteiger partial charge < -0.3 is 16.8 Å². The molecule has 2 atom stereocenters. The second kappa shape index (κ2) is 5.84. The molecule has 21 heavy (non-hydrogen) atoms. The van der Waals surface area contributed by atoms with Crippen LogP contribution in [-0.4, -0.2) is 26.1 Å². The molecule has 1 fully saturated rings. The molecule has 0 radical (unpaired) electrons. The molecule has 1 aromatic rings. The van der Waals surface area contributed by atoms with E-state index in [1.165, 1.54) is 0 Å². The van der Waals surface area contributed by atoms with Crippen molar-refractivity contribution in [2.45, 2.75) is 44.0 Å². The third kappa shape index (κ3) is 3.16. The summed E-state index contributed by atoms with van der Waals surface area (Å²) in [6.45, 7) is 3.67. The standard InChI is InChI=1S/C13H21N3O3S2/c1-3-5-7-6-8(7)16-13-11(21(18,19)4-2)9(14)10(20-13)12(15)17/h7-8,16H,3-6,14H2,1-2H3,(H2,15,17). The van der Waals surface area contributed by atoms with E-state index in [1.54, 1.807) is 6.92 Å². The summed E-state index contributed by atoms with van der Waals surface area (Å²) in [4.78, 5) is 11.5. The van der Waals surface area contributed by atoms with Crippen molar-refractivity contribution in [1.29, 1.82) is 0 Å². The van der Waals surface area contributed by atoms with Crippen LogP contribution in [0, 0.1) is 5.92 Å². The number of hydrogen-bond acceptors (Lipinski definition) is 6. The molecule has 1 amide bonds. The lowest BCUT2D eigenvalue weighted by molar-refractivity contribution is 0.100. The maximum atomic E-state index is 12.2. The average molecular weight is 331 g/mol. The van der Waals surface area contributed by atoms with Crippen LogP contribution in [0.3, 0.4) is 0 Å². The molecule has 6 nitrogen and oxygen atoms in total. The Kier molecular flexibility index (Phi) is 4.48. The molecule has 0 bridgehead atoms. The van der Waals surface area contributed by atoms with Gasteiger partial charge in [0.05, 0.1) is 11.4 Å². The van der Waals surface area contributed by atoms with Crippen LogP contribution in [0.5, 0.6) is 0 Å². The quantitative estimate of drug-likeness (QED) is 0.705. The Morgan fingerprint density at radius 3 is 2.62 bits per heavy atom. The van der Waals surface area contributed by atoms with Crippen molar-refractivity contribution in [2.75, 3.05) is 16.8 Å². The fourth-order valence-corrected chi connectivity index (χ4v) is 5.01. The minimum Gasteiger partial charge on any atom is -0.396 e. The lowest BCUT2D eigenvalue weighted by atomic mass is 10.2. The van der Waals surface area contributed by atoms with Crippen LogP contribution in [0.2, 0.25) is 0 Å². The van der Waals surface area contributed by atoms with Gasteiger partial charge in [-0.25, -0.2) is 8.42 Å². The van der Waals surface area contributed by atoms with Gasteiger partial charge in [-0.2, -0.15) is 0 Å². The summed E-state index contributed by atoms with van der Waals surface area (Å²) in [5.74, 6) is -0.198. The van der Waals surface area contributed by atoms with Gasteiger partial charge in [0.15, 0.2) is 9.84 Å². The summed E-state index contributed by atoms with van der Waals surface area (Å²) in [6, 6.07) is 0.259. The van der Waals surface area contributed by atoms with Crippen molar-refractivity contribution in [3.8, 4) is 0 Å². The van der Waals surface area contributed by atoms with Crippen LogP contribution in [0.1, 0.15) is 42.8 Å². The Morgan fingerprint density at radius 2 is 2.10 bits per heavy atom. The summed E-state index contributed by atoms with van der Waals surface area (Å²) in [6.07, 6.45) is 3.22. The molecule has 5 N–H and O–H groups in total. The van der Waals surface area contributed by atoms with Crippen molar-refractivity contribution >= 4 is 37.8 Å². The van der Waals surface area contributed by atoms with E-state index in [0.29, 0.717) is 10.9 Å². The average Bonchev–Trinajstić information content (AvgIpc) is 3.03. The predicted octanol–water partition coefficient (Wildman–Crippen LogP) is 1.82. The van der Waals surface area contributed by atoms with Crippen LogP contribution in [0.15, 0.2) is 4.90 Å². The van der Waals surface area contributed by atoms with E-state index in [4.69, 9.17) is 11.5 Å². The molecule has 1 heterocycles. The fraction of sp³-hybridized carbons (Fsp3) is 0.615. The van der Waals surface area contributed by atoms with Crippen LogP contribution in [0.4, 0.5) is 10.7 Å². The van der Waals surface area contributed by atoms with Crippen LogP contribution in [-0.2, 0) is 9.84 Å². The van der Waals surface area contributed by atoms with Crippen molar-refractivity contribution in [2.24, 2.45) is 11.7 Å². The first-order valence-corrected chi connectivity index (χ1v) is 9.50. The lowest BCUT2D eigenvalue weighted by Gasteiger charge is -2.07. The van der Waals surface area contributed by atoms with E-state index in [2.05, 4.69) is 12.2 Å². The summed E-state index contributed by atoms with van der Waals surface area (Å²) < 4.78 is 24.4. The van der Waals surface area contributed by atoms with E-state index >= 15 is 0 Å². The number of anilines is 2. The summed E-state index contributed by atoms with van der Waals surface area (Å²) in [5, 5.41) is 3.68. The zero-order chi connectivity index (χ0) is 15.8. The molecule has 118 valence electrons. The highest BCUT2D eigenvalue weighted by Crippen LogP contribution is 2.44. The Hall–Kier alpha value is -1.28. The van der Waals surface area contributed by atoms with Crippen molar-refractivity contribution in [1.82, 2.24) is 0 Å². The molecule has 8 heteroatoms. The highest BCUT2D eigenvalue weighted by atomic mass is 32.2. The highest BCUT2D eigenvalue weighted by molar-refractivity contribution is 7.91. The fourth-order valence-electron chi connectivity index (χ4n) is 2.44. The molecule has 0 aliphatic heterocycles. The molecule has 0 saturated heterocycles. The molecular formula is C13H21N3O3S2. The van der Waals surface area contributed by atoms with Gasteiger partial charge in [-0.1, -0.05) is 20.3 Å². The first-order valence-electron chi connectivity index (χ1n) is 7.03. The number of rotatable bonds is 7. The number of sulfone groups is 1. The zero-order valence-electron chi connectivity index (χ0n) is 12.2. The molecule has 1 aliphatic carbocycles. The Labute approximate surface area is 128 Å². The summed E-state index contributed by atoms with van der Waals surface area (Å²) >= 11 is 1.04. The van der Waals surface area contributed by atoms with Crippen molar-refractivity contribution < 1.29 is 13.2 Å². The van der Waals surface area contributed by atoms with Gasteiger partial charge in [-0.15, -0.1) is 11.3 Å². The van der Waals surface area contributed by atoms with E-state index in [9.17, 15) is 13.2 Å². The maximum Gasteiger partial charge on any atom is 0.261 e. The normalized spacial score (nSPS) is 21.2. The zero-order valence-corrected chi connectivity index (χ0v) is 13.8. The van der Waals surface area contributed by atoms with Crippen LogP contribution in [0.25, 0.3) is 0 Å². The number of nitrogens with two attached hydrogens (primary N) is 2. The van der Waals surface area contributed by atoms with Crippen LogP contribution < -0.4 is 16.8 Å². The first-order chi connectivity index (χ1) is 9.81. The second-order valence-electron chi connectivity index (χ2n) is 5.31. The molecule has 1 aromatic heterocycles. The van der Waals surface area contributed by atoms with Crippen LogP contribution >= 0.6 is 11.3 Å². The molecule has 2 rings (SSSR count). The Bertz CT molecular complexity index is 652. The minimum atomic E-state index is -3.50. The molecule has 1 aliphatic rings. The van der Waals surface area contributed by atoms with Gasteiger partial charge in [0.2, 0.25) is 0 Å². The predicted molar refractivity (Wildman–Crippen MR) is 85.4 cm³/mol. The number of thiophene rings is 1. The Morgan fingerprint density at radius 1 is 1.43 bits per heavy atom. The van der Waals surface area contributed by atoms with E-state index in [1.807, 2.05) is 0 Å². The number of primary amides is 1. The number of carbonyl (C=O) groups is 1. The third-order valence-electron chi connectivity index (χ3n) is 3.71. The van der Waals surface area contributed by atoms with Gasteiger partial charge in [0.25, 0.3) is 5.91 Å². The third-order valence-corrected chi connectivity index (χ3v) is 6.80. The smallest absolute Gasteiger partial charge is 0.261 e. The van der Waals surface area contributed by atoms with Gasteiger partial charge in [-0.05, 0) is 18.8 Å². The van der Waals surface area contributed by atoms with Gasteiger partial charge in [-0.3, -0.25) is 4.79 Å². The minimum absolute atomic E-state index is 0.0236. The molecular weight excluding hydrogens is 310 g/mol. The number of nitrogen functional groups attached to an aromatic ring is 1. The molecule has 0 aromatic carbocycles. The second-order valence-corrected chi connectivity index (χ2v) is 8.54. The summed E-state index contributed by atoms with van der Waals surface area (Å²) in [7, 11) is -3.50. The SMILES string of the molecule is CCCC1CC1Nc1sc(C(N)=O)c(N)c1S(=O)(=O)CC. The Balaban J connectivity index is 2.36. The van der Waals surface area contributed by atoms with Crippen molar-refractivity contribution in [3.05, 3.63) is 4.88 Å². The topological polar surface area (TPSA) is 115 Å². The highest BCUT2D eigenvalue weighted by Gasteiger charge is 2.38. The first kappa shape index (κ1) is 16.1. The summed E-state index contributed by atoms with van der Waals surface area (Å²) in [5.41, 5.74) is 11.1. The number of hydrogen-bond donors (Lipinski definition) is 3.